The molecule has 0 saturated carbocycles. The number of unbranched alkanes of at least 4 members (excludes halogenated alkanes) is 1. The Morgan fingerprint density at radius 2 is 1.97 bits per heavy atom. The lowest BCUT2D eigenvalue weighted by atomic mass is 10.1. The van der Waals surface area contributed by atoms with E-state index < -0.39 is 11.9 Å². The van der Waals surface area contributed by atoms with Crippen LogP contribution in [0.4, 0.5) is 11.4 Å². The zero-order valence-corrected chi connectivity index (χ0v) is 17.2. The van der Waals surface area contributed by atoms with Gasteiger partial charge in [-0.05, 0) is 43.5 Å². The summed E-state index contributed by atoms with van der Waals surface area (Å²) in [5.41, 5.74) is 2.72. The number of ether oxygens (including phenoxy) is 1. The number of esters is 1. The predicted molar refractivity (Wildman–Crippen MR) is 116 cm³/mol. The second-order valence-electron chi connectivity index (χ2n) is 7.23. The van der Waals surface area contributed by atoms with Gasteiger partial charge in [0.2, 0.25) is 0 Å². The van der Waals surface area contributed by atoms with E-state index in [1.54, 1.807) is 30.5 Å². The van der Waals surface area contributed by atoms with Crippen molar-refractivity contribution in [1.29, 1.82) is 5.26 Å². The lowest BCUT2D eigenvalue weighted by Gasteiger charge is -2.20. The molecule has 0 fully saturated rings. The molecule has 6 nitrogen and oxygen atoms in total. The molecule has 1 N–H and O–H groups in total. The van der Waals surface area contributed by atoms with Gasteiger partial charge in [0.15, 0.2) is 0 Å². The number of nitrogens with zero attached hydrogens (tertiary/aromatic N) is 2. The number of benzene rings is 2. The van der Waals surface area contributed by atoms with Gasteiger partial charge in [-0.3, -0.25) is 4.79 Å². The van der Waals surface area contributed by atoms with E-state index in [1.807, 2.05) is 49.1 Å². The molecule has 0 radical (unpaired) electrons. The second-order valence-corrected chi connectivity index (χ2v) is 7.23. The quantitative estimate of drug-likeness (QED) is 0.320. The van der Waals surface area contributed by atoms with Crippen LogP contribution < -0.4 is 10.2 Å². The molecule has 1 aliphatic rings. The third kappa shape index (κ3) is 4.69. The highest BCUT2D eigenvalue weighted by Crippen LogP contribution is 2.32. The number of rotatable bonds is 7. The highest BCUT2D eigenvalue weighted by molar-refractivity contribution is 6.09. The predicted octanol–water partition coefficient (Wildman–Crippen LogP) is 4.44. The number of nitrogens with one attached hydrogen (secondary N) is 1. The van der Waals surface area contributed by atoms with Gasteiger partial charge in [-0.25, -0.2) is 4.79 Å². The Labute approximate surface area is 176 Å². The molecule has 1 aliphatic heterocycles. The molecule has 2 aromatic rings. The van der Waals surface area contributed by atoms with Crippen molar-refractivity contribution < 1.29 is 14.3 Å². The van der Waals surface area contributed by atoms with Gasteiger partial charge in [-0.15, -0.1) is 0 Å². The Morgan fingerprint density at radius 3 is 2.73 bits per heavy atom. The van der Waals surface area contributed by atoms with Crippen LogP contribution in [0.15, 0.2) is 60.3 Å². The van der Waals surface area contributed by atoms with Gasteiger partial charge in [0.05, 0.1) is 17.9 Å². The van der Waals surface area contributed by atoms with Crippen LogP contribution in [0.2, 0.25) is 0 Å². The summed E-state index contributed by atoms with van der Waals surface area (Å²) in [5.74, 6) is -1.06. The van der Waals surface area contributed by atoms with Gasteiger partial charge in [0.25, 0.3) is 5.91 Å². The van der Waals surface area contributed by atoms with Crippen LogP contribution in [0.5, 0.6) is 0 Å². The molecule has 6 heteroatoms. The number of hydrogen-bond donors (Lipinski definition) is 1. The van der Waals surface area contributed by atoms with Crippen LogP contribution in [-0.2, 0) is 16.0 Å². The average Bonchev–Trinajstić information content (AvgIpc) is 3.07. The van der Waals surface area contributed by atoms with E-state index in [2.05, 4.69) is 5.32 Å². The fourth-order valence-electron chi connectivity index (χ4n) is 3.41. The second kappa shape index (κ2) is 9.75. The molecule has 1 amide bonds. The summed E-state index contributed by atoms with van der Waals surface area (Å²) in [6, 6.07) is 16.7. The van der Waals surface area contributed by atoms with E-state index in [0.717, 1.165) is 24.9 Å². The first-order chi connectivity index (χ1) is 14.5. The Kier molecular flexibility index (Phi) is 6.87. The molecule has 1 unspecified atom stereocenters. The topological polar surface area (TPSA) is 82.4 Å². The standard InChI is InChI=1S/C24H25N3O3/c1-3-4-13-30-24(29)20-10-6-7-11-21(20)26-23(28)19(15-25)16-27-17(2)14-18-9-5-8-12-22(18)27/h5-12,16-17H,3-4,13-14H2,1-2H3,(H,26,28)/b19-16-. The van der Waals surface area contributed by atoms with Gasteiger partial charge < -0.3 is 15.0 Å². The first-order valence-corrected chi connectivity index (χ1v) is 10.1. The van der Waals surface area contributed by atoms with Crippen molar-refractivity contribution in [2.24, 2.45) is 0 Å². The van der Waals surface area contributed by atoms with Crippen molar-refractivity contribution in [3.63, 3.8) is 0 Å². The molecule has 0 aliphatic carbocycles. The maximum atomic E-state index is 12.8. The number of amides is 1. The SMILES string of the molecule is CCCCOC(=O)c1ccccc1NC(=O)/C(C#N)=C\N1c2ccccc2CC1C. The first kappa shape index (κ1) is 21.1. The number of nitriles is 1. The lowest BCUT2D eigenvalue weighted by molar-refractivity contribution is -0.112. The number of para-hydroxylation sites is 2. The van der Waals surface area contributed by atoms with E-state index in [9.17, 15) is 14.9 Å². The van der Waals surface area contributed by atoms with Gasteiger partial charge in [-0.2, -0.15) is 5.26 Å². The van der Waals surface area contributed by atoms with Crippen LogP contribution in [-0.4, -0.2) is 24.5 Å². The lowest BCUT2D eigenvalue weighted by Crippen LogP contribution is -2.26. The summed E-state index contributed by atoms with van der Waals surface area (Å²) in [4.78, 5) is 27.1. The molecule has 0 bridgehead atoms. The molecule has 154 valence electrons. The fraction of sp³-hybridized carbons (Fsp3) is 0.292. The molecule has 0 saturated heterocycles. The van der Waals surface area contributed by atoms with Crippen molar-refractivity contribution in [2.75, 3.05) is 16.8 Å². The van der Waals surface area contributed by atoms with Crippen molar-refractivity contribution in [3.8, 4) is 6.07 Å². The van der Waals surface area contributed by atoms with Crippen molar-refractivity contribution in [2.45, 2.75) is 39.2 Å². The average molecular weight is 403 g/mol. The van der Waals surface area contributed by atoms with E-state index in [0.29, 0.717) is 12.3 Å². The Hall–Kier alpha value is -3.59. The molecule has 0 aromatic heterocycles. The molecule has 3 rings (SSSR count). The summed E-state index contributed by atoms with van der Waals surface area (Å²) >= 11 is 0. The van der Waals surface area contributed by atoms with Crippen molar-refractivity contribution in [3.05, 3.63) is 71.4 Å². The Balaban J connectivity index is 1.79. The highest BCUT2D eigenvalue weighted by atomic mass is 16.5. The number of carbonyl (C=O) groups is 2. The number of hydrogen-bond acceptors (Lipinski definition) is 5. The van der Waals surface area contributed by atoms with E-state index in [-0.39, 0.29) is 17.2 Å². The summed E-state index contributed by atoms with van der Waals surface area (Å²) in [5, 5.41) is 12.3. The monoisotopic (exact) mass is 403 g/mol. The summed E-state index contributed by atoms with van der Waals surface area (Å²) in [6.45, 7) is 4.38. The van der Waals surface area contributed by atoms with Crippen LogP contribution in [0, 0.1) is 11.3 Å². The maximum absolute atomic E-state index is 12.8. The van der Waals surface area contributed by atoms with Crippen LogP contribution >= 0.6 is 0 Å². The molecular weight excluding hydrogens is 378 g/mol. The van der Waals surface area contributed by atoms with Crippen LogP contribution in [0.1, 0.15) is 42.6 Å². The molecule has 2 aromatic carbocycles. The van der Waals surface area contributed by atoms with Gasteiger partial charge >= 0.3 is 5.97 Å². The zero-order chi connectivity index (χ0) is 21.5. The minimum atomic E-state index is -0.567. The van der Waals surface area contributed by atoms with Crippen LogP contribution in [0.3, 0.4) is 0 Å². The molecule has 0 spiro atoms. The van der Waals surface area contributed by atoms with Crippen molar-refractivity contribution in [1.82, 2.24) is 0 Å². The normalized spacial score (nSPS) is 15.3. The molecule has 1 heterocycles. The fourth-order valence-corrected chi connectivity index (χ4v) is 3.41. The highest BCUT2D eigenvalue weighted by Gasteiger charge is 2.26. The van der Waals surface area contributed by atoms with Gasteiger partial charge in [-0.1, -0.05) is 43.7 Å². The van der Waals surface area contributed by atoms with Gasteiger partial charge in [0.1, 0.15) is 11.6 Å². The zero-order valence-electron chi connectivity index (χ0n) is 17.2. The minimum Gasteiger partial charge on any atom is -0.462 e. The van der Waals surface area contributed by atoms with Gasteiger partial charge in [0, 0.05) is 17.9 Å². The smallest absolute Gasteiger partial charge is 0.340 e. The van der Waals surface area contributed by atoms with Crippen molar-refractivity contribution >= 4 is 23.3 Å². The van der Waals surface area contributed by atoms with E-state index in [1.165, 1.54) is 5.56 Å². The number of carbonyl (C=O) groups excluding carboxylic acids is 2. The summed E-state index contributed by atoms with van der Waals surface area (Å²) < 4.78 is 5.26. The summed E-state index contributed by atoms with van der Waals surface area (Å²) in [7, 11) is 0. The Morgan fingerprint density at radius 1 is 1.23 bits per heavy atom. The van der Waals surface area contributed by atoms with Crippen LogP contribution in [0.25, 0.3) is 0 Å². The van der Waals surface area contributed by atoms with E-state index in [4.69, 9.17) is 4.74 Å². The maximum Gasteiger partial charge on any atom is 0.340 e. The minimum absolute atomic E-state index is 0.0345. The largest absolute Gasteiger partial charge is 0.462 e. The number of fused-ring (bicyclic) bond motifs is 1. The molecule has 1 atom stereocenters. The summed E-state index contributed by atoms with van der Waals surface area (Å²) in [6.07, 6.45) is 4.12. The molecule has 30 heavy (non-hydrogen) atoms. The third-order valence-electron chi connectivity index (χ3n) is 5.02. The number of anilines is 2. The first-order valence-electron chi connectivity index (χ1n) is 10.1. The third-order valence-corrected chi connectivity index (χ3v) is 5.02. The molecular formula is C24H25N3O3. The van der Waals surface area contributed by atoms with E-state index >= 15 is 0 Å². The Bertz CT molecular complexity index is 1010.